The Bertz CT molecular complexity index is 426. The summed E-state index contributed by atoms with van der Waals surface area (Å²) >= 11 is 0. The first kappa shape index (κ1) is 12.9. The Balaban J connectivity index is 2.05. The van der Waals surface area contributed by atoms with Gasteiger partial charge >= 0.3 is 0 Å². The summed E-state index contributed by atoms with van der Waals surface area (Å²) in [7, 11) is 0. The summed E-state index contributed by atoms with van der Waals surface area (Å²) in [4.78, 5) is 12.1. The fourth-order valence-corrected chi connectivity index (χ4v) is 2.21. The molecule has 1 heterocycles. The molecular formula is C14H20N2O2. The quantitative estimate of drug-likeness (QED) is 0.716. The van der Waals surface area contributed by atoms with E-state index in [9.17, 15) is 9.90 Å². The van der Waals surface area contributed by atoms with Crippen molar-refractivity contribution in [2.45, 2.75) is 26.2 Å². The summed E-state index contributed by atoms with van der Waals surface area (Å²) in [5.74, 6) is 0.124. The van der Waals surface area contributed by atoms with E-state index < -0.39 is 0 Å². The lowest BCUT2D eigenvalue weighted by atomic mass is 9.98. The number of amides is 1. The summed E-state index contributed by atoms with van der Waals surface area (Å²) in [6.45, 7) is 3.75. The van der Waals surface area contributed by atoms with Gasteiger partial charge < -0.3 is 15.7 Å². The van der Waals surface area contributed by atoms with Crippen LogP contribution in [0.4, 0.5) is 5.69 Å². The second-order valence-corrected chi connectivity index (χ2v) is 4.74. The van der Waals surface area contributed by atoms with E-state index in [2.05, 4.69) is 10.6 Å². The van der Waals surface area contributed by atoms with Gasteiger partial charge in [-0.25, -0.2) is 0 Å². The number of phenolic OH excluding ortho intramolecular Hbond substituents is 1. The minimum absolute atomic E-state index is 0.00318. The average molecular weight is 248 g/mol. The average Bonchev–Trinajstić information content (AvgIpc) is 2.42. The number of aromatic hydroxyl groups is 1. The van der Waals surface area contributed by atoms with Gasteiger partial charge in [-0.3, -0.25) is 4.79 Å². The highest BCUT2D eigenvalue weighted by Gasteiger charge is 2.21. The molecule has 4 heteroatoms. The van der Waals surface area contributed by atoms with Crippen LogP contribution in [0.5, 0.6) is 5.75 Å². The van der Waals surface area contributed by atoms with Gasteiger partial charge in [0.2, 0.25) is 5.91 Å². The molecule has 2 rings (SSSR count). The molecule has 1 unspecified atom stereocenters. The first-order valence-corrected chi connectivity index (χ1v) is 6.54. The number of aryl methyl sites for hydroxylation is 1. The summed E-state index contributed by atoms with van der Waals surface area (Å²) in [5, 5.41) is 15.8. The molecule has 0 aliphatic carbocycles. The smallest absolute Gasteiger partial charge is 0.228 e. The standard InChI is InChI=1S/C14H20N2O2/c1-2-10-5-6-13(17)12(8-10)16-14(18)11-4-3-7-15-9-11/h5-6,8,11,15,17H,2-4,7,9H2,1H3,(H,16,18). The van der Waals surface area contributed by atoms with Crippen molar-refractivity contribution >= 4 is 11.6 Å². The molecule has 3 N–H and O–H groups in total. The van der Waals surface area contributed by atoms with E-state index >= 15 is 0 Å². The highest BCUT2D eigenvalue weighted by molar-refractivity contribution is 5.94. The maximum absolute atomic E-state index is 12.1. The van der Waals surface area contributed by atoms with Crippen LogP contribution in [0, 0.1) is 5.92 Å². The normalized spacial score (nSPS) is 19.5. The predicted octanol–water partition coefficient (Wildman–Crippen LogP) is 1.89. The van der Waals surface area contributed by atoms with E-state index in [1.807, 2.05) is 19.1 Å². The van der Waals surface area contributed by atoms with E-state index in [-0.39, 0.29) is 17.6 Å². The Kier molecular flexibility index (Phi) is 4.20. The number of anilines is 1. The monoisotopic (exact) mass is 248 g/mol. The second-order valence-electron chi connectivity index (χ2n) is 4.74. The van der Waals surface area contributed by atoms with Crippen molar-refractivity contribution in [2.75, 3.05) is 18.4 Å². The molecule has 1 saturated heterocycles. The highest BCUT2D eigenvalue weighted by Crippen LogP contribution is 2.25. The third kappa shape index (κ3) is 3.01. The second kappa shape index (κ2) is 5.87. The molecule has 1 aliphatic heterocycles. The molecule has 0 bridgehead atoms. The van der Waals surface area contributed by atoms with Gasteiger partial charge in [0.15, 0.2) is 0 Å². The number of nitrogens with one attached hydrogen (secondary N) is 2. The van der Waals surface area contributed by atoms with Gasteiger partial charge in [0.25, 0.3) is 0 Å². The first-order valence-electron chi connectivity index (χ1n) is 6.54. The van der Waals surface area contributed by atoms with Gasteiger partial charge in [-0.2, -0.15) is 0 Å². The molecule has 0 radical (unpaired) electrons. The molecule has 0 saturated carbocycles. The van der Waals surface area contributed by atoms with Crippen LogP contribution >= 0.6 is 0 Å². The molecule has 0 aromatic heterocycles. The van der Waals surface area contributed by atoms with Crippen molar-refractivity contribution in [2.24, 2.45) is 5.92 Å². The number of rotatable bonds is 3. The third-order valence-corrected chi connectivity index (χ3v) is 3.39. The van der Waals surface area contributed by atoms with Crippen LogP contribution in [0.25, 0.3) is 0 Å². The lowest BCUT2D eigenvalue weighted by molar-refractivity contribution is -0.120. The number of phenols is 1. The molecule has 1 atom stereocenters. The third-order valence-electron chi connectivity index (χ3n) is 3.39. The Morgan fingerprint density at radius 1 is 1.56 bits per heavy atom. The maximum Gasteiger partial charge on any atom is 0.228 e. The number of carbonyl (C=O) groups is 1. The van der Waals surface area contributed by atoms with Crippen LogP contribution < -0.4 is 10.6 Å². The van der Waals surface area contributed by atoms with Gasteiger partial charge in [-0.1, -0.05) is 13.0 Å². The molecule has 4 nitrogen and oxygen atoms in total. The topological polar surface area (TPSA) is 61.4 Å². The Hall–Kier alpha value is -1.55. The van der Waals surface area contributed by atoms with Gasteiger partial charge in [-0.15, -0.1) is 0 Å². The van der Waals surface area contributed by atoms with E-state index in [1.165, 1.54) is 0 Å². The van der Waals surface area contributed by atoms with Crippen LogP contribution in [0.1, 0.15) is 25.3 Å². The van der Waals surface area contributed by atoms with Gasteiger partial charge in [-0.05, 0) is 43.5 Å². The summed E-state index contributed by atoms with van der Waals surface area (Å²) < 4.78 is 0. The Morgan fingerprint density at radius 3 is 3.06 bits per heavy atom. The van der Waals surface area contributed by atoms with E-state index in [4.69, 9.17) is 0 Å². The predicted molar refractivity (Wildman–Crippen MR) is 71.7 cm³/mol. The van der Waals surface area contributed by atoms with Crippen LogP contribution in [0.3, 0.4) is 0 Å². The largest absolute Gasteiger partial charge is 0.506 e. The highest BCUT2D eigenvalue weighted by atomic mass is 16.3. The van der Waals surface area contributed by atoms with E-state index in [1.54, 1.807) is 6.07 Å². The number of hydrogen-bond acceptors (Lipinski definition) is 3. The number of benzene rings is 1. The maximum atomic E-state index is 12.1. The Morgan fingerprint density at radius 2 is 2.39 bits per heavy atom. The van der Waals surface area contributed by atoms with Crippen LogP contribution in [-0.4, -0.2) is 24.1 Å². The van der Waals surface area contributed by atoms with Crippen molar-refractivity contribution < 1.29 is 9.90 Å². The molecule has 1 aromatic rings. The summed E-state index contributed by atoms with van der Waals surface area (Å²) in [6, 6.07) is 5.34. The number of piperidine rings is 1. The zero-order chi connectivity index (χ0) is 13.0. The Labute approximate surface area is 107 Å². The summed E-state index contributed by atoms with van der Waals surface area (Å²) in [5.41, 5.74) is 1.62. The van der Waals surface area contributed by atoms with E-state index in [0.717, 1.165) is 37.9 Å². The lowest BCUT2D eigenvalue weighted by Crippen LogP contribution is -2.37. The fourth-order valence-electron chi connectivity index (χ4n) is 2.21. The molecule has 1 fully saturated rings. The van der Waals surface area contributed by atoms with Crippen LogP contribution in [0.2, 0.25) is 0 Å². The minimum Gasteiger partial charge on any atom is -0.506 e. The molecule has 1 amide bonds. The molecular weight excluding hydrogens is 228 g/mol. The van der Waals surface area contributed by atoms with Gasteiger partial charge in [0, 0.05) is 6.54 Å². The zero-order valence-electron chi connectivity index (χ0n) is 10.7. The zero-order valence-corrected chi connectivity index (χ0v) is 10.7. The SMILES string of the molecule is CCc1ccc(O)c(NC(=O)C2CCCNC2)c1. The van der Waals surface area contributed by atoms with Crippen molar-refractivity contribution in [3.63, 3.8) is 0 Å². The van der Waals surface area contributed by atoms with Crippen molar-refractivity contribution in [1.82, 2.24) is 5.32 Å². The van der Waals surface area contributed by atoms with Crippen LogP contribution in [0.15, 0.2) is 18.2 Å². The van der Waals surface area contributed by atoms with Gasteiger partial charge in [0.05, 0.1) is 11.6 Å². The lowest BCUT2D eigenvalue weighted by Gasteiger charge is -2.22. The van der Waals surface area contributed by atoms with Crippen molar-refractivity contribution in [3.8, 4) is 5.75 Å². The first-order chi connectivity index (χ1) is 8.70. The fraction of sp³-hybridized carbons (Fsp3) is 0.500. The van der Waals surface area contributed by atoms with Crippen molar-refractivity contribution in [1.29, 1.82) is 0 Å². The minimum atomic E-state index is -0.00856. The molecule has 98 valence electrons. The molecule has 1 aromatic carbocycles. The molecule has 0 spiro atoms. The van der Waals surface area contributed by atoms with Crippen molar-refractivity contribution in [3.05, 3.63) is 23.8 Å². The van der Waals surface area contributed by atoms with Gasteiger partial charge in [0.1, 0.15) is 5.75 Å². The number of hydrogen-bond donors (Lipinski definition) is 3. The number of carbonyl (C=O) groups excluding carboxylic acids is 1. The van der Waals surface area contributed by atoms with E-state index in [0.29, 0.717) is 5.69 Å². The molecule has 18 heavy (non-hydrogen) atoms. The van der Waals surface area contributed by atoms with Crippen LogP contribution in [-0.2, 0) is 11.2 Å². The molecule has 1 aliphatic rings. The summed E-state index contributed by atoms with van der Waals surface area (Å²) in [6.07, 6.45) is 2.82.